The third-order valence-electron chi connectivity index (χ3n) is 4.85. The predicted molar refractivity (Wildman–Crippen MR) is 90.5 cm³/mol. The van der Waals surface area contributed by atoms with E-state index in [0.29, 0.717) is 6.54 Å². The monoisotopic (exact) mass is 333 g/mol. The number of carbonyl (C=O) groups excluding carboxylic acids is 1. The van der Waals surface area contributed by atoms with E-state index in [4.69, 9.17) is 14.2 Å². The van der Waals surface area contributed by atoms with Crippen LogP contribution in [0.25, 0.3) is 0 Å². The largest absolute Gasteiger partial charge is 0.444 e. The minimum Gasteiger partial charge on any atom is -0.444 e. The van der Waals surface area contributed by atoms with Gasteiger partial charge in [0.2, 0.25) is 0 Å². The first-order valence-corrected chi connectivity index (χ1v) is 8.78. The van der Waals surface area contributed by atoms with Crippen LogP contribution in [0.1, 0.15) is 45.1 Å². The lowest BCUT2D eigenvalue weighted by Crippen LogP contribution is -2.40. The summed E-state index contributed by atoms with van der Waals surface area (Å²) in [5.41, 5.74) is 1.07. The molecular formula is C19H27NO4. The van der Waals surface area contributed by atoms with Crippen LogP contribution in [0.2, 0.25) is 0 Å². The fraction of sp³-hybridized carbons (Fsp3) is 0.632. The van der Waals surface area contributed by atoms with Gasteiger partial charge < -0.3 is 19.1 Å². The Hall–Kier alpha value is -1.59. The molecule has 0 radical (unpaired) electrons. The number of rotatable bonds is 4. The average molecular weight is 333 g/mol. The van der Waals surface area contributed by atoms with Crippen LogP contribution in [0, 0.1) is 0 Å². The molecule has 0 saturated carbocycles. The van der Waals surface area contributed by atoms with E-state index in [2.05, 4.69) is 0 Å². The van der Waals surface area contributed by atoms with Crippen molar-refractivity contribution in [3.05, 3.63) is 35.9 Å². The van der Waals surface area contributed by atoms with Crippen LogP contribution in [0.15, 0.2) is 30.3 Å². The van der Waals surface area contributed by atoms with Gasteiger partial charge in [0.1, 0.15) is 12.2 Å². The number of fused-ring (bicyclic) bond motifs is 2. The summed E-state index contributed by atoms with van der Waals surface area (Å²) in [4.78, 5) is 13.9. The Bertz CT molecular complexity index is 564. The molecule has 2 saturated heterocycles. The lowest BCUT2D eigenvalue weighted by atomic mass is 10.0. The van der Waals surface area contributed by atoms with Crippen molar-refractivity contribution < 1.29 is 19.0 Å². The molecular weight excluding hydrogens is 306 g/mol. The van der Waals surface area contributed by atoms with E-state index in [1.54, 1.807) is 11.9 Å². The maximum absolute atomic E-state index is 12.4. The number of ether oxygens (including phenoxy) is 3. The molecule has 0 aliphatic carbocycles. The Balaban J connectivity index is 1.56. The number of nitrogens with zero attached hydrogens (tertiary/aromatic N) is 1. The van der Waals surface area contributed by atoms with Crippen molar-refractivity contribution in [3.8, 4) is 0 Å². The number of carbonyl (C=O) groups is 1. The van der Waals surface area contributed by atoms with Gasteiger partial charge in [-0.2, -0.15) is 0 Å². The number of benzene rings is 1. The van der Waals surface area contributed by atoms with Gasteiger partial charge in [0, 0.05) is 20.0 Å². The van der Waals surface area contributed by atoms with Crippen LogP contribution < -0.4 is 0 Å². The highest BCUT2D eigenvalue weighted by atomic mass is 16.8. The number of amides is 1. The van der Waals surface area contributed by atoms with Crippen molar-refractivity contribution in [3.63, 3.8) is 0 Å². The van der Waals surface area contributed by atoms with Crippen LogP contribution in [0.4, 0.5) is 4.79 Å². The highest BCUT2D eigenvalue weighted by Gasteiger charge is 2.48. The normalized spacial score (nSPS) is 30.5. The summed E-state index contributed by atoms with van der Waals surface area (Å²) in [7, 11) is 1.75. The first-order valence-electron chi connectivity index (χ1n) is 8.78. The Morgan fingerprint density at radius 1 is 1.33 bits per heavy atom. The molecule has 2 heterocycles. The first kappa shape index (κ1) is 17.2. The van der Waals surface area contributed by atoms with Crippen molar-refractivity contribution in [2.24, 2.45) is 0 Å². The van der Waals surface area contributed by atoms with E-state index < -0.39 is 5.79 Å². The standard InChI is InChI=1S/C19H27NO4/c1-14(17-16-11-7-8-12-19(2,23-16)24-17)22-18(21)20(3)13-15-9-5-4-6-10-15/h4-6,9-10,14,16-17H,7-8,11-13H2,1-3H3/t14-,16-,17-,19-/m1/s1. The smallest absolute Gasteiger partial charge is 0.410 e. The summed E-state index contributed by atoms with van der Waals surface area (Å²) in [5, 5.41) is 0. The van der Waals surface area contributed by atoms with E-state index >= 15 is 0 Å². The van der Waals surface area contributed by atoms with Gasteiger partial charge >= 0.3 is 6.09 Å². The van der Waals surface area contributed by atoms with Crippen molar-refractivity contribution >= 4 is 6.09 Å². The van der Waals surface area contributed by atoms with Crippen LogP contribution in [-0.4, -0.2) is 42.1 Å². The molecule has 24 heavy (non-hydrogen) atoms. The van der Waals surface area contributed by atoms with Gasteiger partial charge in [-0.1, -0.05) is 36.8 Å². The van der Waals surface area contributed by atoms with E-state index in [1.165, 1.54) is 0 Å². The minimum atomic E-state index is -0.525. The van der Waals surface area contributed by atoms with Crippen LogP contribution in [0.5, 0.6) is 0 Å². The first-order chi connectivity index (χ1) is 11.5. The zero-order chi connectivity index (χ0) is 17.2. The molecule has 0 N–H and O–H groups in total. The molecule has 1 amide bonds. The summed E-state index contributed by atoms with van der Waals surface area (Å²) in [6.45, 7) is 4.40. The Kier molecular flexibility index (Phi) is 5.11. The molecule has 0 unspecified atom stereocenters. The number of hydrogen-bond donors (Lipinski definition) is 0. The SMILES string of the molecule is C[C@@H](OC(=O)N(C)Cc1ccccc1)[C@H]1O[C@]2(C)CCCC[C@H]1O2. The molecule has 2 aliphatic rings. The summed E-state index contributed by atoms with van der Waals surface area (Å²) in [6, 6.07) is 9.88. The second kappa shape index (κ2) is 7.11. The molecule has 2 fully saturated rings. The van der Waals surface area contributed by atoms with E-state index in [9.17, 15) is 4.79 Å². The lowest BCUT2D eigenvalue weighted by Gasteiger charge is -2.28. The summed E-state index contributed by atoms with van der Waals surface area (Å²) < 4.78 is 17.8. The average Bonchev–Trinajstić information content (AvgIpc) is 2.76. The highest BCUT2D eigenvalue weighted by Crippen LogP contribution is 2.39. The second-order valence-corrected chi connectivity index (χ2v) is 7.05. The predicted octanol–water partition coefficient (Wildman–Crippen LogP) is 3.72. The molecule has 0 aromatic heterocycles. The van der Waals surface area contributed by atoms with Gasteiger partial charge in [-0.05, 0) is 32.3 Å². The maximum Gasteiger partial charge on any atom is 0.410 e. The molecule has 3 rings (SSSR count). The molecule has 5 nitrogen and oxygen atoms in total. The van der Waals surface area contributed by atoms with E-state index in [-0.39, 0.29) is 24.4 Å². The molecule has 132 valence electrons. The minimum absolute atomic E-state index is 0.0136. The van der Waals surface area contributed by atoms with Gasteiger partial charge in [-0.3, -0.25) is 0 Å². The fourth-order valence-electron chi connectivity index (χ4n) is 3.55. The third-order valence-corrected chi connectivity index (χ3v) is 4.85. The van der Waals surface area contributed by atoms with E-state index in [0.717, 1.165) is 31.2 Å². The Morgan fingerprint density at radius 2 is 2.08 bits per heavy atom. The second-order valence-electron chi connectivity index (χ2n) is 7.05. The van der Waals surface area contributed by atoms with Gasteiger partial charge in [-0.25, -0.2) is 4.79 Å². The van der Waals surface area contributed by atoms with E-state index in [1.807, 2.05) is 44.2 Å². The fourth-order valence-corrected chi connectivity index (χ4v) is 3.55. The van der Waals surface area contributed by atoms with Crippen LogP contribution in [-0.2, 0) is 20.8 Å². The Labute approximate surface area is 143 Å². The van der Waals surface area contributed by atoms with Crippen molar-refractivity contribution in [2.45, 2.75) is 70.2 Å². The summed E-state index contributed by atoms with van der Waals surface area (Å²) in [6.07, 6.45) is 3.27. The van der Waals surface area contributed by atoms with Crippen LogP contribution in [0.3, 0.4) is 0 Å². The zero-order valence-corrected chi connectivity index (χ0v) is 14.7. The highest BCUT2D eigenvalue weighted by molar-refractivity contribution is 5.67. The molecule has 2 bridgehead atoms. The van der Waals surface area contributed by atoms with Crippen molar-refractivity contribution in [2.75, 3.05) is 7.05 Å². The lowest BCUT2D eigenvalue weighted by molar-refractivity contribution is -0.170. The molecule has 2 aliphatic heterocycles. The topological polar surface area (TPSA) is 48.0 Å². The van der Waals surface area contributed by atoms with Gasteiger partial charge in [0.15, 0.2) is 5.79 Å². The zero-order valence-electron chi connectivity index (χ0n) is 14.7. The van der Waals surface area contributed by atoms with Gasteiger partial charge in [0.25, 0.3) is 0 Å². The summed E-state index contributed by atoms with van der Waals surface area (Å²) >= 11 is 0. The van der Waals surface area contributed by atoms with Gasteiger partial charge in [-0.15, -0.1) is 0 Å². The quantitative estimate of drug-likeness (QED) is 0.842. The molecule has 1 aromatic carbocycles. The molecule has 0 spiro atoms. The maximum atomic E-state index is 12.4. The number of hydrogen-bond acceptors (Lipinski definition) is 4. The molecule has 1 aromatic rings. The van der Waals surface area contributed by atoms with Crippen LogP contribution >= 0.6 is 0 Å². The molecule has 5 heteroatoms. The van der Waals surface area contributed by atoms with Gasteiger partial charge in [0.05, 0.1) is 6.10 Å². The Morgan fingerprint density at radius 3 is 2.83 bits per heavy atom. The van der Waals surface area contributed by atoms with Crippen molar-refractivity contribution in [1.29, 1.82) is 0 Å². The summed E-state index contributed by atoms with van der Waals surface area (Å²) in [5.74, 6) is -0.525. The van der Waals surface area contributed by atoms with Crippen molar-refractivity contribution in [1.82, 2.24) is 4.90 Å². The third kappa shape index (κ3) is 3.90. The molecule has 4 atom stereocenters.